The van der Waals surface area contributed by atoms with Crippen LogP contribution in [0.3, 0.4) is 0 Å². The van der Waals surface area contributed by atoms with Gasteiger partial charge in [-0.2, -0.15) is 0 Å². The number of aromatic carboxylic acids is 1. The van der Waals surface area contributed by atoms with Gasteiger partial charge in [0, 0.05) is 17.8 Å². The van der Waals surface area contributed by atoms with Gasteiger partial charge in [0.2, 0.25) is 10.0 Å². The van der Waals surface area contributed by atoms with E-state index in [0.29, 0.717) is 5.69 Å². The molecule has 2 aromatic rings. The van der Waals surface area contributed by atoms with E-state index in [4.69, 9.17) is 0 Å². The van der Waals surface area contributed by atoms with E-state index >= 15 is 0 Å². The first-order chi connectivity index (χ1) is 12.7. The SMILES string of the molecule is CCC[C@H](C)Nc1ccc(S(=O)(=O)N[C@@H](C)c2ccccc2)cc1C(=O)O. The van der Waals surface area contributed by atoms with Crippen molar-refractivity contribution in [3.63, 3.8) is 0 Å². The maximum atomic E-state index is 12.7. The second kappa shape index (κ2) is 9.01. The number of anilines is 1. The number of rotatable bonds is 9. The van der Waals surface area contributed by atoms with Crippen molar-refractivity contribution in [1.82, 2.24) is 4.72 Å². The van der Waals surface area contributed by atoms with Crippen LogP contribution in [0.5, 0.6) is 0 Å². The van der Waals surface area contributed by atoms with Crippen molar-refractivity contribution in [2.45, 2.75) is 50.6 Å². The van der Waals surface area contributed by atoms with Gasteiger partial charge in [0.05, 0.1) is 10.5 Å². The first-order valence-electron chi connectivity index (χ1n) is 8.95. The summed E-state index contributed by atoms with van der Waals surface area (Å²) in [6.07, 6.45) is 1.85. The van der Waals surface area contributed by atoms with Gasteiger partial charge in [0.15, 0.2) is 0 Å². The lowest BCUT2D eigenvalue weighted by atomic mass is 10.1. The van der Waals surface area contributed by atoms with E-state index in [-0.39, 0.29) is 16.5 Å². The molecule has 0 amide bonds. The number of hydrogen-bond donors (Lipinski definition) is 3. The Kier molecular flexibility index (Phi) is 6.98. The van der Waals surface area contributed by atoms with Crippen LogP contribution >= 0.6 is 0 Å². The minimum atomic E-state index is -3.86. The summed E-state index contributed by atoms with van der Waals surface area (Å²) in [5, 5.41) is 12.6. The largest absolute Gasteiger partial charge is 0.478 e. The molecule has 0 saturated carbocycles. The number of benzene rings is 2. The molecule has 7 heteroatoms. The first kappa shape index (κ1) is 20.9. The zero-order valence-electron chi connectivity index (χ0n) is 15.8. The second-order valence-corrected chi connectivity index (χ2v) is 8.31. The van der Waals surface area contributed by atoms with Crippen molar-refractivity contribution in [2.75, 3.05) is 5.32 Å². The van der Waals surface area contributed by atoms with Gasteiger partial charge in [0.1, 0.15) is 0 Å². The quantitative estimate of drug-likeness (QED) is 0.601. The minimum absolute atomic E-state index is 0.0619. The summed E-state index contributed by atoms with van der Waals surface area (Å²) in [6, 6.07) is 13.0. The molecule has 0 spiro atoms. The first-order valence-corrected chi connectivity index (χ1v) is 10.4. The lowest BCUT2D eigenvalue weighted by Gasteiger charge is -2.18. The fourth-order valence-electron chi connectivity index (χ4n) is 2.87. The van der Waals surface area contributed by atoms with Crippen LogP contribution in [0.1, 0.15) is 55.6 Å². The molecule has 27 heavy (non-hydrogen) atoms. The van der Waals surface area contributed by atoms with Crippen molar-refractivity contribution < 1.29 is 18.3 Å². The van der Waals surface area contributed by atoms with Crippen LogP contribution < -0.4 is 10.0 Å². The van der Waals surface area contributed by atoms with Gasteiger partial charge in [0.25, 0.3) is 0 Å². The van der Waals surface area contributed by atoms with Crippen molar-refractivity contribution in [3.8, 4) is 0 Å². The molecule has 2 atom stereocenters. The van der Waals surface area contributed by atoms with Gasteiger partial charge in [-0.15, -0.1) is 0 Å². The average Bonchev–Trinajstić information content (AvgIpc) is 2.62. The van der Waals surface area contributed by atoms with Gasteiger partial charge < -0.3 is 10.4 Å². The predicted octanol–water partition coefficient (Wildman–Crippen LogP) is 4.02. The Morgan fingerprint density at radius 3 is 2.37 bits per heavy atom. The number of hydrogen-bond acceptors (Lipinski definition) is 4. The van der Waals surface area contributed by atoms with E-state index in [1.54, 1.807) is 6.92 Å². The zero-order chi connectivity index (χ0) is 20.0. The second-order valence-electron chi connectivity index (χ2n) is 6.60. The third-order valence-electron chi connectivity index (χ3n) is 4.29. The van der Waals surface area contributed by atoms with E-state index in [2.05, 4.69) is 10.0 Å². The number of carboxylic acids is 1. The van der Waals surface area contributed by atoms with E-state index < -0.39 is 22.0 Å². The number of carbonyl (C=O) groups is 1. The van der Waals surface area contributed by atoms with Crippen LogP contribution in [0.2, 0.25) is 0 Å². The molecule has 0 aliphatic heterocycles. The standard InChI is InChI=1S/C20H26N2O4S/c1-4-8-14(2)21-19-12-11-17(13-18(19)20(23)24)27(25,26)22-15(3)16-9-6-5-7-10-16/h5-7,9-15,21-22H,4,8H2,1-3H3,(H,23,24)/t14-,15-/m0/s1. The van der Waals surface area contributed by atoms with E-state index in [1.165, 1.54) is 18.2 Å². The van der Waals surface area contributed by atoms with Crippen LogP contribution in [0.15, 0.2) is 53.4 Å². The molecule has 0 radical (unpaired) electrons. The molecular weight excluding hydrogens is 364 g/mol. The zero-order valence-corrected chi connectivity index (χ0v) is 16.6. The lowest BCUT2D eigenvalue weighted by molar-refractivity contribution is 0.0697. The predicted molar refractivity (Wildman–Crippen MR) is 107 cm³/mol. The highest BCUT2D eigenvalue weighted by molar-refractivity contribution is 7.89. The van der Waals surface area contributed by atoms with Crippen LogP contribution in [-0.2, 0) is 10.0 Å². The molecule has 0 aromatic heterocycles. The number of carboxylic acid groups (broad SMARTS) is 1. The van der Waals surface area contributed by atoms with Crippen molar-refractivity contribution in [2.24, 2.45) is 0 Å². The lowest BCUT2D eigenvalue weighted by Crippen LogP contribution is -2.27. The monoisotopic (exact) mass is 390 g/mol. The maximum absolute atomic E-state index is 12.7. The summed E-state index contributed by atoms with van der Waals surface area (Å²) < 4.78 is 28.0. The molecule has 0 aliphatic carbocycles. The normalized spacial score (nSPS) is 13.7. The molecule has 0 bridgehead atoms. The summed E-state index contributed by atoms with van der Waals surface area (Å²) in [4.78, 5) is 11.6. The summed E-state index contributed by atoms with van der Waals surface area (Å²) in [7, 11) is -3.86. The van der Waals surface area contributed by atoms with Crippen molar-refractivity contribution >= 4 is 21.7 Å². The average molecular weight is 391 g/mol. The Morgan fingerprint density at radius 2 is 1.78 bits per heavy atom. The Bertz CT molecular complexity index is 882. The van der Waals surface area contributed by atoms with Gasteiger partial charge >= 0.3 is 5.97 Å². The summed E-state index contributed by atoms with van der Waals surface area (Å²) >= 11 is 0. The Morgan fingerprint density at radius 1 is 1.11 bits per heavy atom. The Hall–Kier alpha value is -2.38. The molecule has 3 N–H and O–H groups in total. The smallest absolute Gasteiger partial charge is 0.337 e. The van der Waals surface area contributed by atoms with Crippen LogP contribution in [0.4, 0.5) is 5.69 Å². The molecule has 2 aromatic carbocycles. The highest BCUT2D eigenvalue weighted by Gasteiger charge is 2.22. The highest BCUT2D eigenvalue weighted by Crippen LogP contribution is 2.23. The van der Waals surface area contributed by atoms with Crippen molar-refractivity contribution in [1.29, 1.82) is 0 Å². The van der Waals surface area contributed by atoms with Gasteiger partial charge in [-0.3, -0.25) is 0 Å². The molecule has 6 nitrogen and oxygen atoms in total. The van der Waals surface area contributed by atoms with E-state index in [9.17, 15) is 18.3 Å². The molecule has 146 valence electrons. The van der Waals surface area contributed by atoms with Gasteiger partial charge in [-0.05, 0) is 44.0 Å². The van der Waals surface area contributed by atoms with Crippen LogP contribution in [-0.4, -0.2) is 25.5 Å². The van der Waals surface area contributed by atoms with Gasteiger partial charge in [-0.1, -0.05) is 43.7 Å². The summed E-state index contributed by atoms with van der Waals surface area (Å²) in [5.41, 5.74) is 1.18. The third-order valence-corrected chi connectivity index (χ3v) is 5.83. The summed E-state index contributed by atoms with van der Waals surface area (Å²) in [6.45, 7) is 5.75. The van der Waals surface area contributed by atoms with Crippen LogP contribution in [0, 0.1) is 0 Å². The molecule has 0 saturated heterocycles. The molecule has 0 fully saturated rings. The number of sulfonamides is 1. The minimum Gasteiger partial charge on any atom is -0.478 e. The molecule has 0 aliphatic rings. The maximum Gasteiger partial charge on any atom is 0.337 e. The van der Waals surface area contributed by atoms with Crippen molar-refractivity contribution in [3.05, 3.63) is 59.7 Å². The fourth-order valence-corrected chi connectivity index (χ4v) is 4.13. The molecule has 0 unspecified atom stereocenters. The fraction of sp³-hybridized carbons (Fsp3) is 0.350. The molecule has 0 heterocycles. The van der Waals surface area contributed by atoms with Crippen LogP contribution in [0.25, 0.3) is 0 Å². The van der Waals surface area contributed by atoms with Gasteiger partial charge in [-0.25, -0.2) is 17.9 Å². The summed E-state index contributed by atoms with van der Waals surface area (Å²) in [5.74, 6) is -1.17. The topological polar surface area (TPSA) is 95.5 Å². The molecule has 2 rings (SSSR count). The van der Waals surface area contributed by atoms with E-state index in [0.717, 1.165) is 18.4 Å². The Balaban J connectivity index is 2.29. The third kappa shape index (κ3) is 5.55. The Labute approximate surface area is 160 Å². The molecular formula is C20H26N2O4S. The number of nitrogens with one attached hydrogen (secondary N) is 2. The highest BCUT2D eigenvalue weighted by atomic mass is 32.2. The van der Waals surface area contributed by atoms with E-state index in [1.807, 2.05) is 44.2 Å².